The molecule has 4 heteroatoms. The molecule has 1 N–H and O–H groups in total. The van der Waals surface area contributed by atoms with Crippen LogP contribution in [0.25, 0.3) is 11.5 Å². The van der Waals surface area contributed by atoms with Gasteiger partial charge in [-0.2, -0.15) is 4.98 Å². The van der Waals surface area contributed by atoms with Crippen LogP contribution in [0.5, 0.6) is 5.75 Å². The number of phenolic OH excluding ortho intramolecular Hbond substituents is 1. The van der Waals surface area contributed by atoms with Crippen molar-refractivity contribution in [2.75, 3.05) is 0 Å². The summed E-state index contributed by atoms with van der Waals surface area (Å²) in [6.07, 6.45) is 6.06. The van der Waals surface area contributed by atoms with Crippen molar-refractivity contribution >= 4 is 0 Å². The number of para-hydroxylation sites is 1. The van der Waals surface area contributed by atoms with Gasteiger partial charge in [-0.25, -0.2) is 0 Å². The lowest BCUT2D eigenvalue weighted by Gasteiger charge is -2.26. The average molecular weight is 272 g/mol. The van der Waals surface area contributed by atoms with Crippen molar-refractivity contribution in [1.29, 1.82) is 0 Å². The van der Waals surface area contributed by atoms with Gasteiger partial charge in [-0.1, -0.05) is 43.5 Å². The summed E-state index contributed by atoms with van der Waals surface area (Å²) in [7, 11) is 0. The molecule has 0 bridgehead atoms. The molecule has 20 heavy (non-hydrogen) atoms. The summed E-state index contributed by atoms with van der Waals surface area (Å²) in [4.78, 5) is 4.50. The van der Waals surface area contributed by atoms with Gasteiger partial charge in [0.2, 0.25) is 0 Å². The summed E-state index contributed by atoms with van der Waals surface area (Å²) < 4.78 is 5.33. The molecule has 0 aliphatic heterocycles. The molecule has 2 atom stereocenters. The Kier molecular flexibility index (Phi) is 3.72. The maximum Gasteiger partial charge on any atom is 0.261 e. The summed E-state index contributed by atoms with van der Waals surface area (Å²) in [6.45, 7) is 2.25. The molecule has 1 aliphatic rings. The van der Waals surface area contributed by atoms with Crippen molar-refractivity contribution < 1.29 is 9.63 Å². The lowest BCUT2D eigenvalue weighted by molar-refractivity contribution is 0.300. The number of aromatic nitrogens is 2. The molecule has 2 unspecified atom stereocenters. The van der Waals surface area contributed by atoms with Crippen LogP contribution in [-0.4, -0.2) is 15.2 Å². The molecular weight excluding hydrogens is 252 g/mol. The highest BCUT2D eigenvalue weighted by Crippen LogP contribution is 2.37. The van der Waals surface area contributed by atoms with E-state index in [2.05, 4.69) is 17.1 Å². The molecule has 0 spiro atoms. The summed E-state index contributed by atoms with van der Waals surface area (Å²) in [5.41, 5.74) is 0.606. The Bertz CT molecular complexity index is 579. The van der Waals surface area contributed by atoms with Gasteiger partial charge in [-0.15, -0.1) is 0 Å². The standard InChI is InChI=1S/C16H20N2O2/c1-2-11-6-5-7-12(10-11)15-17-16(20-18-15)13-8-3-4-9-14(13)19/h3-4,8-9,11-12,19H,2,5-7,10H2,1H3. The zero-order valence-corrected chi connectivity index (χ0v) is 11.7. The highest BCUT2D eigenvalue weighted by atomic mass is 16.5. The van der Waals surface area contributed by atoms with Crippen molar-refractivity contribution in [3.05, 3.63) is 30.1 Å². The number of hydrogen-bond donors (Lipinski definition) is 1. The molecule has 1 aromatic heterocycles. The van der Waals surface area contributed by atoms with Gasteiger partial charge in [0.15, 0.2) is 5.82 Å². The Labute approximate surface area is 118 Å². The van der Waals surface area contributed by atoms with Crippen molar-refractivity contribution in [2.45, 2.75) is 44.9 Å². The van der Waals surface area contributed by atoms with Gasteiger partial charge in [0.1, 0.15) is 5.75 Å². The van der Waals surface area contributed by atoms with Crippen LogP contribution in [0.3, 0.4) is 0 Å². The molecule has 1 heterocycles. The number of rotatable bonds is 3. The van der Waals surface area contributed by atoms with Crippen LogP contribution in [0.15, 0.2) is 28.8 Å². The fourth-order valence-electron chi connectivity index (χ4n) is 3.06. The van der Waals surface area contributed by atoms with Gasteiger partial charge in [-0.3, -0.25) is 0 Å². The minimum Gasteiger partial charge on any atom is -0.507 e. The second kappa shape index (κ2) is 5.65. The first-order valence-electron chi connectivity index (χ1n) is 7.40. The molecule has 106 valence electrons. The third-order valence-electron chi connectivity index (χ3n) is 4.30. The van der Waals surface area contributed by atoms with Crippen LogP contribution < -0.4 is 0 Å². The van der Waals surface area contributed by atoms with Crippen LogP contribution in [0, 0.1) is 5.92 Å². The van der Waals surface area contributed by atoms with Crippen LogP contribution >= 0.6 is 0 Å². The van der Waals surface area contributed by atoms with Crippen molar-refractivity contribution in [3.63, 3.8) is 0 Å². The third kappa shape index (κ3) is 2.55. The minimum atomic E-state index is 0.178. The second-order valence-electron chi connectivity index (χ2n) is 5.61. The van der Waals surface area contributed by atoms with E-state index in [1.54, 1.807) is 18.2 Å². The molecular formula is C16H20N2O2. The molecule has 1 fully saturated rings. The third-order valence-corrected chi connectivity index (χ3v) is 4.30. The highest BCUT2D eigenvalue weighted by Gasteiger charge is 2.26. The largest absolute Gasteiger partial charge is 0.507 e. The van der Waals surface area contributed by atoms with Gasteiger partial charge in [0.05, 0.1) is 5.56 Å². The predicted octanol–water partition coefficient (Wildman–Crippen LogP) is 4.13. The Balaban J connectivity index is 1.82. The number of phenols is 1. The van der Waals surface area contributed by atoms with Crippen molar-refractivity contribution in [1.82, 2.24) is 10.1 Å². The zero-order chi connectivity index (χ0) is 13.9. The van der Waals surface area contributed by atoms with E-state index in [0.29, 0.717) is 17.4 Å². The Morgan fingerprint density at radius 2 is 2.15 bits per heavy atom. The van der Waals surface area contributed by atoms with E-state index in [1.165, 1.54) is 19.3 Å². The van der Waals surface area contributed by atoms with Crippen LogP contribution in [-0.2, 0) is 0 Å². The molecule has 0 saturated heterocycles. The van der Waals surface area contributed by atoms with E-state index in [9.17, 15) is 5.11 Å². The van der Waals surface area contributed by atoms with E-state index in [4.69, 9.17) is 4.52 Å². The zero-order valence-electron chi connectivity index (χ0n) is 11.7. The molecule has 1 aromatic carbocycles. The summed E-state index contributed by atoms with van der Waals surface area (Å²) in [5.74, 6) is 2.56. The van der Waals surface area contributed by atoms with E-state index < -0.39 is 0 Å². The Hall–Kier alpha value is -1.84. The van der Waals surface area contributed by atoms with Crippen LogP contribution in [0.2, 0.25) is 0 Å². The van der Waals surface area contributed by atoms with Crippen molar-refractivity contribution in [3.8, 4) is 17.2 Å². The van der Waals surface area contributed by atoms with E-state index in [0.717, 1.165) is 24.6 Å². The first-order valence-corrected chi connectivity index (χ1v) is 7.40. The van der Waals surface area contributed by atoms with Gasteiger partial charge in [0, 0.05) is 5.92 Å². The number of benzene rings is 1. The summed E-state index contributed by atoms with van der Waals surface area (Å²) >= 11 is 0. The maximum absolute atomic E-state index is 9.84. The Morgan fingerprint density at radius 3 is 2.95 bits per heavy atom. The second-order valence-corrected chi connectivity index (χ2v) is 5.61. The van der Waals surface area contributed by atoms with Gasteiger partial charge < -0.3 is 9.63 Å². The first-order chi connectivity index (χ1) is 9.78. The van der Waals surface area contributed by atoms with E-state index >= 15 is 0 Å². The van der Waals surface area contributed by atoms with E-state index in [1.807, 2.05) is 6.07 Å². The molecule has 0 amide bonds. The first kappa shape index (κ1) is 13.2. The normalized spacial score (nSPS) is 22.9. The fraction of sp³-hybridized carbons (Fsp3) is 0.500. The average Bonchev–Trinajstić information content (AvgIpc) is 2.97. The van der Waals surface area contributed by atoms with Gasteiger partial charge in [0.25, 0.3) is 5.89 Å². The Morgan fingerprint density at radius 1 is 1.30 bits per heavy atom. The SMILES string of the molecule is CCC1CCCC(c2noc(-c3ccccc3O)n2)C1. The smallest absolute Gasteiger partial charge is 0.261 e. The van der Waals surface area contributed by atoms with Crippen molar-refractivity contribution in [2.24, 2.45) is 5.92 Å². The molecule has 3 rings (SSSR count). The minimum absolute atomic E-state index is 0.178. The number of aromatic hydroxyl groups is 1. The number of nitrogens with zero attached hydrogens (tertiary/aromatic N) is 2. The van der Waals surface area contributed by atoms with E-state index in [-0.39, 0.29) is 5.75 Å². The summed E-state index contributed by atoms with van der Waals surface area (Å²) in [5, 5.41) is 14.0. The van der Waals surface area contributed by atoms with Crippen LogP contribution in [0.4, 0.5) is 0 Å². The molecule has 1 aliphatic carbocycles. The summed E-state index contributed by atoms with van der Waals surface area (Å²) in [6, 6.07) is 7.06. The molecule has 4 nitrogen and oxygen atoms in total. The lowest BCUT2D eigenvalue weighted by atomic mass is 9.80. The predicted molar refractivity (Wildman–Crippen MR) is 76.4 cm³/mol. The van der Waals surface area contributed by atoms with Gasteiger partial charge in [-0.05, 0) is 30.9 Å². The molecule has 2 aromatic rings. The van der Waals surface area contributed by atoms with Gasteiger partial charge >= 0.3 is 0 Å². The maximum atomic E-state index is 9.84. The quantitative estimate of drug-likeness (QED) is 0.912. The fourth-order valence-corrected chi connectivity index (χ4v) is 3.06. The number of hydrogen-bond acceptors (Lipinski definition) is 4. The highest BCUT2D eigenvalue weighted by molar-refractivity contribution is 5.61. The monoisotopic (exact) mass is 272 g/mol. The lowest BCUT2D eigenvalue weighted by Crippen LogP contribution is -2.14. The molecule has 0 radical (unpaired) electrons. The van der Waals surface area contributed by atoms with Crippen LogP contribution in [0.1, 0.15) is 50.8 Å². The topological polar surface area (TPSA) is 59.2 Å². The molecule has 1 saturated carbocycles.